The van der Waals surface area contributed by atoms with E-state index in [1.54, 1.807) is 6.92 Å². The van der Waals surface area contributed by atoms with E-state index in [2.05, 4.69) is 22.6 Å². The van der Waals surface area contributed by atoms with Gasteiger partial charge in [0.25, 0.3) is 0 Å². The van der Waals surface area contributed by atoms with Crippen LogP contribution in [0.3, 0.4) is 0 Å². The van der Waals surface area contributed by atoms with Gasteiger partial charge in [0.1, 0.15) is 13.1 Å². The molecule has 0 bridgehead atoms. The molecule has 0 unspecified atom stereocenters. The first kappa shape index (κ1) is 22.6. The van der Waals surface area contributed by atoms with Crippen LogP contribution in [0.2, 0.25) is 0 Å². The third-order valence-electron chi connectivity index (χ3n) is 2.37. The molecule has 0 saturated carbocycles. The number of carbonyl (C=O) groups is 4. The summed E-state index contributed by atoms with van der Waals surface area (Å²) in [4.78, 5) is 45.5. The fourth-order valence-electron chi connectivity index (χ4n) is 1.13. The molecule has 0 aliphatic heterocycles. The molecule has 2 amide bonds. The topological polar surface area (TPSA) is 93.2 Å². The van der Waals surface area contributed by atoms with Gasteiger partial charge in [-0.2, -0.15) is 0 Å². The van der Waals surface area contributed by atoms with Crippen molar-refractivity contribution >= 4 is 23.8 Å². The van der Waals surface area contributed by atoms with Crippen LogP contribution in [0.5, 0.6) is 0 Å². The van der Waals surface area contributed by atoms with Crippen molar-refractivity contribution in [3.8, 4) is 0 Å². The summed E-state index contributed by atoms with van der Waals surface area (Å²) in [7, 11) is 4.29. The molecular formula is C15H24N2O6. The van der Waals surface area contributed by atoms with Gasteiger partial charge in [-0.1, -0.05) is 13.2 Å². The van der Waals surface area contributed by atoms with Crippen LogP contribution in [-0.4, -0.2) is 74.5 Å². The lowest BCUT2D eigenvalue weighted by molar-refractivity contribution is -0.147. The second-order valence-corrected chi connectivity index (χ2v) is 4.18. The fraction of sp³-hybridized carbons (Fsp3) is 0.467. The summed E-state index contributed by atoms with van der Waals surface area (Å²) in [5.41, 5.74) is 0. The van der Waals surface area contributed by atoms with E-state index in [0.29, 0.717) is 6.61 Å². The number of hydrogen-bond donors (Lipinski definition) is 0. The summed E-state index contributed by atoms with van der Waals surface area (Å²) in [6.07, 6.45) is 2.29. The summed E-state index contributed by atoms with van der Waals surface area (Å²) >= 11 is 0. The van der Waals surface area contributed by atoms with Crippen LogP contribution in [0.25, 0.3) is 0 Å². The largest absolute Gasteiger partial charge is 0.468 e. The number of likely N-dealkylation sites (N-methyl/N-ethyl adjacent to an activating group) is 2. The molecule has 0 aromatic heterocycles. The Labute approximate surface area is 136 Å². The number of methoxy groups -OCH3 is 1. The molecule has 0 aliphatic rings. The first-order valence-corrected chi connectivity index (χ1v) is 6.70. The Kier molecular flexibility index (Phi) is 12.8. The van der Waals surface area contributed by atoms with Crippen LogP contribution in [-0.2, 0) is 28.7 Å². The number of nitrogens with zero attached hydrogens (tertiary/aromatic N) is 2. The maximum absolute atomic E-state index is 10.9. The normalized spacial score (nSPS) is 8.70. The van der Waals surface area contributed by atoms with E-state index in [0.717, 1.165) is 12.2 Å². The zero-order valence-electron chi connectivity index (χ0n) is 14.0. The molecule has 0 heterocycles. The van der Waals surface area contributed by atoms with Gasteiger partial charge in [-0.15, -0.1) is 0 Å². The molecule has 23 heavy (non-hydrogen) atoms. The van der Waals surface area contributed by atoms with E-state index in [4.69, 9.17) is 0 Å². The summed E-state index contributed by atoms with van der Waals surface area (Å²) in [6.45, 7) is 8.54. The SMILES string of the molecule is C=CC(=O)N(C)CC(=O)OC.C=CC(=O)N(C)CC(=O)OCC. The van der Waals surface area contributed by atoms with Crippen molar-refractivity contribution in [3.05, 3.63) is 25.3 Å². The van der Waals surface area contributed by atoms with E-state index in [-0.39, 0.29) is 24.9 Å². The summed E-state index contributed by atoms with van der Waals surface area (Å²) in [6, 6.07) is 0. The summed E-state index contributed by atoms with van der Waals surface area (Å²) in [5.74, 6) is -1.43. The zero-order valence-corrected chi connectivity index (χ0v) is 14.0. The monoisotopic (exact) mass is 328 g/mol. The Hall–Kier alpha value is -2.64. The van der Waals surface area contributed by atoms with Gasteiger partial charge < -0.3 is 19.3 Å². The zero-order chi connectivity index (χ0) is 18.4. The van der Waals surface area contributed by atoms with Crippen LogP contribution in [0.1, 0.15) is 6.92 Å². The Bertz CT molecular complexity index is 447. The molecule has 0 fully saturated rings. The lowest BCUT2D eigenvalue weighted by Gasteiger charge is -2.12. The highest BCUT2D eigenvalue weighted by atomic mass is 16.5. The van der Waals surface area contributed by atoms with E-state index >= 15 is 0 Å². The summed E-state index contributed by atoms with van der Waals surface area (Å²) < 4.78 is 8.99. The number of hydrogen-bond acceptors (Lipinski definition) is 6. The molecule has 0 spiro atoms. The molecule has 0 aromatic rings. The molecule has 0 aliphatic carbocycles. The molecule has 8 nitrogen and oxygen atoms in total. The maximum atomic E-state index is 10.9. The first-order valence-electron chi connectivity index (χ1n) is 6.70. The van der Waals surface area contributed by atoms with Crippen molar-refractivity contribution in [2.45, 2.75) is 6.92 Å². The lowest BCUT2D eigenvalue weighted by atomic mass is 10.5. The van der Waals surface area contributed by atoms with Gasteiger partial charge >= 0.3 is 11.9 Å². The van der Waals surface area contributed by atoms with E-state index < -0.39 is 11.9 Å². The molecule has 130 valence electrons. The minimum Gasteiger partial charge on any atom is -0.468 e. The predicted octanol–water partition coefficient (Wildman–Crippen LogP) is -0.00230. The van der Waals surface area contributed by atoms with E-state index in [1.165, 1.54) is 31.0 Å². The van der Waals surface area contributed by atoms with Gasteiger partial charge in [-0.3, -0.25) is 19.2 Å². The maximum Gasteiger partial charge on any atom is 0.325 e. The molecular weight excluding hydrogens is 304 g/mol. The minimum atomic E-state index is -0.442. The van der Waals surface area contributed by atoms with Crippen molar-refractivity contribution < 1.29 is 28.7 Å². The van der Waals surface area contributed by atoms with Crippen molar-refractivity contribution in [2.24, 2.45) is 0 Å². The quantitative estimate of drug-likeness (QED) is 0.482. The molecule has 0 rings (SSSR count). The average molecular weight is 328 g/mol. The van der Waals surface area contributed by atoms with Crippen LogP contribution >= 0.6 is 0 Å². The standard InChI is InChI=1S/C8H13NO3.C7H11NO3/c1-4-7(10)9(3)6-8(11)12-5-2;1-4-6(9)8(2)5-7(10)11-3/h4H,1,5-6H2,2-3H3;4H,1,5H2,2-3H3. The van der Waals surface area contributed by atoms with Crippen LogP contribution in [0.4, 0.5) is 0 Å². The number of amides is 2. The number of esters is 2. The predicted molar refractivity (Wildman–Crippen MR) is 84.3 cm³/mol. The number of rotatable bonds is 7. The van der Waals surface area contributed by atoms with Gasteiger partial charge in [0, 0.05) is 14.1 Å². The second kappa shape index (κ2) is 13.1. The van der Waals surface area contributed by atoms with Crippen molar-refractivity contribution in [1.82, 2.24) is 9.80 Å². The fourth-order valence-corrected chi connectivity index (χ4v) is 1.13. The highest BCUT2D eigenvalue weighted by Gasteiger charge is 2.10. The molecule has 0 aromatic carbocycles. The van der Waals surface area contributed by atoms with Crippen LogP contribution < -0.4 is 0 Å². The average Bonchev–Trinajstić information content (AvgIpc) is 2.53. The van der Waals surface area contributed by atoms with Gasteiger partial charge in [-0.25, -0.2) is 0 Å². The van der Waals surface area contributed by atoms with Crippen LogP contribution in [0, 0.1) is 0 Å². The Morgan fingerprint density at radius 2 is 1.30 bits per heavy atom. The molecule has 0 saturated heterocycles. The Morgan fingerprint density at radius 1 is 0.913 bits per heavy atom. The third-order valence-corrected chi connectivity index (χ3v) is 2.37. The lowest BCUT2D eigenvalue weighted by Crippen LogP contribution is -2.31. The van der Waals surface area contributed by atoms with E-state index in [1.807, 2.05) is 0 Å². The van der Waals surface area contributed by atoms with Crippen molar-refractivity contribution in [2.75, 3.05) is 40.9 Å². The highest BCUT2D eigenvalue weighted by Crippen LogP contribution is 1.88. The first-order chi connectivity index (χ1) is 10.7. The number of carbonyl (C=O) groups excluding carboxylic acids is 4. The Balaban J connectivity index is 0. The Morgan fingerprint density at radius 3 is 1.61 bits per heavy atom. The molecule has 0 atom stereocenters. The van der Waals surface area contributed by atoms with Crippen molar-refractivity contribution in [3.63, 3.8) is 0 Å². The number of ether oxygens (including phenoxy) is 2. The third kappa shape index (κ3) is 11.7. The van der Waals surface area contributed by atoms with Gasteiger partial charge in [0.15, 0.2) is 0 Å². The summed E-state index contributed by atoms with van der Waals surface area (Å²) in [5, 5.41) is 0. The van der Waals surface area contributed by atoms with E-state index in [9.17, 15) is 19.2 Å². The highest BCUT2D eigenvalue weighted by molar-refractivity contribution is 5.90. The van der Waals surface area contributed by atoms with Crippen molar-refractivity contribution in [1.29, 1.82) is 0 Å². The van der Waals surface area contributed by atoms with Gasteiger partial charge in [-0.05, 0) is 19.1 Å². The second-order valence-electron chi connectivity index (χ2n) is 4.18. The molecule has 0 N–H and O–H groups in total. The molecule has 8 heteroatoms. The van der Waals surface area contributed by atoms with Gasteiger partial charge in [0.05, 0.1) is 13.7 Å². The van der Waals surface area contributed by atoms with Crippen LogP contribution in [0.15, 0.2) is 25.3 Å². The smallest absolute Gasteiger partial charge is 0.325 e. The molecule has 0 radical (unpaired) electrons. The minimum absolute atomic E-state index is 0.0291. The van der Waals surface area contributed by atoms with Gasteiger partial charge in [0.2, 0.25) is 11.8 Å².